The molecule has 1 aromatic carbocycles. The predicted octanol–water partition coefficient (Wildman–Crippen LogP) is 1.76. The van der Waals surface area contributed by atoms with Gasteiger partial charge in [-0.05, 0) is 17.7 Å². The van der Waals surface area contributed by atoms with Crippen LogP contribution in [-0.4, -0.2) is 34.6 Å². The standard InChI is InChI=1S/C14H14BrNO3/c1-19-9-4-2-8(3-5-9)7-16-13-11(17)6-10(12(13)15)14(16)18/h2-5,10,12-13H,6-7H2,1H3/t10-,12+,13+/m1/s1. The quantitative estimate of drug-likeness (QED) is 0.796. The monoisotopic (exact) mass is 323 g/mol. The van der Waals surface area contributed by atoms with Gasteiger partial charge in [-0.1, -0.05) is 28.1 Å². The Bertz CT molecular complexity index is 528. The minimum absolute atomic E-state index is 0.0225. The van der Waals surface area contributed by atoms with Crippen LogP contribution in [-0.2, 0) is 16.1 Å². The van der Waals surface area contributed by atoms with Crippen LogP contribution in [0.3, 0.4) is 0 Å². The molecule has 100 valence electrons. The number of hydrogen-bond donors (Lipinski definition) is 0. The molecule has 4 nitrogen and oxygen atoms in total. The van der Waals surface area contributed by atoms with E-state index in [4.69, 9.17) is 4.74 Å². The summed E-state index contributed by atoms with van der Waals surface area (Å²) in [6.45, 7) is 0.484. The zero-order valence-electron chi connectivity index (χ0n) is 10.5. The van der Waals surface area contributed by atoms with Gasteiger partial charge in [-0.25, -0.2) is 0 Å². The molecule has 1 aliphatic carbocycles. The Morgan fingerprint density at radius 3 is 2.58 bits per heavy atom. The number of carbonyl (C=O) groups excluding carboxylic acids is 2. The molecule has 1 saturated carbocycles. The molecule has 2 fully saturated rings. The summed E-state index contributed by atoms with van der Waals surface area (Å²) in [4.78, 5) is 25.7. The van der Waals surface area contributed by atoms with Crippen molar-refractivity contribution < 1.29 is 14.3 Å². The van der Waals surface area contributed by atoms with Gasteiger partial charge in [-0.3, -0.25) is 9.59 Å². The number of carbonyl (C=O) groups is 2. The summed E-state index contributed by atoms with van der Waals surface area (Å²) in [5.41, 5.74) is 1.01. The number of likely N-dealkylation sites (tertiary alicyclic amines) is 1. The second-order valence-electron chi connectivity index (χ2n) is 4.98. The van der Waals surface area contributed by atoms with E-state index >= 15 is 0 Å². The molecular formula is C14H14BrNO3. The van der Waals surface area contributed by atoms with Crippen molar-refractivity contribution in [3.05, 3.63) is 29.8 Å². The molecule has 0 aromatic heterocycles. The third-order valence-electron chi connectivity index (χ3n) is 3.89. The van der Waals surface area contributed by atoms with Gasteiger partial charge in [-0.2, -0.15) is 0 Å². The lowest BCUT2D eigenvalue weighted by Crippen LogP contribution is -2.42. The van der Waals surface area contributed by atoms with Crippen molar-refractivity contribution in [1.82, 2.24) is 4.90 Å². The number of benzene rings is 1. The normalized spacial score (nSPS) is 29.2. The van der Waals surface area contributed by atoms with Gasteiger partial charge in [-0.15, -0.1) is 0 Å². The summed E-state index contributed by atoms with van der Waals surface area (Å²) in [6.07, 6.45) is 0.387. The molecule has 2 bridgehead atoms. The summed E-state index contributed by atoms with van der Waals surface area (Å²) in [6, 6.07) is 7.28. The Balaban J connectivity index is 1.79. The van der Waals surface area contributed by atoms with Crippen LogP contribution in [0.25, 0.3) is 0 Å². The summed E-state index contributed by atoms with van der Waals surface area (Å²) in [7, 11) is 1.62. The molecule has 1 aliphatic heterocycles. The molecule has 0 N–H and O–H groups in total. The highest BCUT2D eigenvalue weighted by atomic mass is 79.9. The van der Waals surface area contributed by atoms with E-state index in [9.17, 15) is 9.59 Å². The van der Waals surface area contributed by atoms with Crippen molar-refractivity contribution in [2.24, 2.45) is 5.92 Å². The molecule has 5 heteroatoms. The van der Waals surface area contributed by atoms with Crippen molar-refractivity contribution >= 4 is 27.6 Å². The van der Waals surface area contributed by atoms with Crippen LogP contribution >= 0.6 is 15.9 Å². The van der Waals surface area contributed by atoms with Crippen molar-refractivity contribution in [1.29, 1.82) is 0 Å². The van der Waals surface area contributed by atoms with E-state index in [1.807, 2.05) is 24.3 Å². The average Bonchev–Trinajstić information content (AvgIpc) is 2.82. The van der Waals surface area contributed by atoms with Gasteiger partial charge in [0.1, 0.15) is 11.8 Å². The van der Waals surface area contributed by atoms with E-state index in [0.717, 1.165) is 11.3 Å². The van der Waals surface area contributed by atoms with Gasteiger partial charge in [0, 0.05) is 13.0 Å². The molecule has 0 spiro atoms. The number of Topliss-reactive ketones (excluding diaryl/α,β-unsaturated/α-hetero) is 1. The largest absolute Gasteiger partial charge is 0.497 e. The number of nitrogens with zero attached hydrogens (tertiary/aromatic N) is 1. The van der Waals surface area contributed by atoms with E-state index in [0.29, 0.717) is 13.0 Å². The van der Waals surface area contributed by atoms with E-state index in [1.54, 1.807) is 12.0 Å². The lowest BCUT2D eigenvalue weighted by molar-refractivity contribution is -0.141. The fraction of sp³-hybridized carbons (Fsp3) is 0.429. The molecule has 2 aliphatic rings. The highest BCUT2D eigenvalue weighted by Gasteiger charge is 2.56. The predicted molar refractivity (Wildman–Crippen MR) is 73.2 cm³/mol. The third-order valence-corrected chi connectivity index (χ3v) is 5.02. The first-order chi connectivity index (χ1) is 9.11. The van der Waals surface area contributed by atoms with Crippen LogP contribution in [0.1, 0.15) is 12.0 Å². The number of ketones is 1. The van der Waals surface area contributed by atoms with Crippen molar-refractivity contribution in [3.63, 3.8) is 0 Å². The Hall–Kier alpha value is -1.36. The first-order valence-electron chi connectivity index (χ1n) is 6.22. The summed E-state index contributed by atoms with van der Waals surface area (Å²) >= 11 is 3.49. The summed E-state index contributed by atoms with van der Waals surface area (Å²) in [5.74, 6) is 0.866. The number of fused-ring (bicyclic) bond motifs is 2. The number of methoxy groups -OCH3 is 1. The Morgan fingerprint density at radius 2 is 2.00 bits per heavy atom. The molecule has 3 atom stereocenters. The Labute approximate surface area is 119 Å². The third kappa shape index (κ3) is 1.96. The van der Waals surface area contributed by atoms with Crippen LogP contribution in [0.2, 0.25) is 0 Å². The zero-order chi connectivity index (χ0) is 13.6. The van der Waals surface area contributed by atoms with E-state index in [2.05, 4.69) is 15.9 Å². The van der Waals surface area contributed by atoms with Gasteiger partial charge in [0.15, 0.2) is 5.78 Å². The Morgan fingerprint density at radius 1 is 1.32 bits per heavy atom. The first-order valence-corrected chi connectivity index (χ1v) is 7.13. The maximum absolute atomic E-state index is 12.2. The summed E-state index contributed by atoms with van der Waals surface area (Å²) in [5, 5.41) is 0. The molecule has 1 amide bonds. The number of ether oxygens (including phenoxy) is 1. The van der Waals surface area contributed by atoms with Crippen molar-refractivity contribution in [2.45, 2.75) is 23.8 Å². The number of amides is 1. The van der Waals surface area contributed by atoms with E-state index in [1.165, 1.54) is 0 Å². The molecule has 1 saturated heterocycles. The molecule has 1 heterocycles. The van der Waals surface area contributed by atoms with Crippen LogP contribution in [0.15, 0.2) is 24.3 Å². The highest BCUT2D eigenvalue weighted by Crippen LogP contribution is 2.41. The zero-order valence-corrected chi connectivity index (χ0v) is 12.1. The number of rotatable bonds is 3. The molecule has 1 aromatic rings. The maximum atomic E-state index is 12.2. The topological polar surface area (TPSA) is 46.6 Å². The highest BCUT2D eigenvalue weighted by molar-refractivity contribution is 9.09. The number of piperidine rings is 1. The van der Waals surface area contributed by atoms with Crippen molar-refractivity contribution in [2.75, 3.05) is 7.11 Å². The molecular weight excluding hydrogens is 310 g/mol. The minimum atomic E-state index is -0.292. The number of alkyl halides is 1. The lowest BCUT2D eigenvalue weighted by atomic mass is 10.1. The average molecular weight is 324 g/mol. The lowest BCUT2D eigenvalue weighted by Gasteiger charge is -2.26. The first kappa shape index (κ1) is 12.7. The molecule has 19 heavy (non-hydrogen) atoms. The summed E-state index contributed by atoms with van der Waals surface area (Å²) < 4.78 is 5.10. The number of hydrogen-bond acceptors (Lipinski definition) is 3. The fourth-order valence-corrected chi connectivity index (χ4v) is 3.86. The van der Waals surface area contributed by atoms with E-state index in [-0.39, 0.29) is 28.5 Å². The molecule has 0 unspecified atom stereocenters. The van der Waals surface area contributed by atoms with Crippen molar-refractivity contribution in [3.8, 4) is 5.75 Å². The van der Waals surface area contributed by atoms with Crippen LogP contribution < -0.4 is 4.74 Å². The molecule has 3 rings (SSSR count). The van der Waals surface area contributed by atoms with Crippen LogP contribution in [0, 0.1) is 5.92 Å². The SMILES string of the molecule is COc1ccc(CN2C(=O)[C@@H]3CC(=O)[C@H]2[C@H]3Br)cc1. The minimum Gasteiger partial charge on any atom is -0.497 e. The molecule has 0 radical (unpaired) electrons. The Kier molecular flexibility index (Phi) is 3.09. The van der Waals surface area contributed by atoms with Gasteiger partial charge >= 0.3 is 0 Å². The van der Waals surface area contributed by atoms with Gasteiger partial charge in [0.25, 0.3) is 0 Å². The van der Waals surface area contributed by atoms with Crippen LogP contribution in [0.4, 0.5) is 0 Å². The maximum Gasteiger partial charge on any atom is 0.228 e. The van der Waals surface area contributed by atoms with Gasteiger partial charge in [0.2, 0.25) is 5.91 Å². The number of halogens is 1. The fourth-order valence-electron chi connectivity index (χ4n) is 2.87. The van der Waals surface area contributed by atoms with Gasteiger partial charge in [0.05, 0.1) is 17.9 Å². The van der Waals surface area contributed by atoms with Gasteiger partial charge < -0.3 is 9.64 Å². The van der Waals surface area contributed by atoms with Crippen LogP contribution in [0.5, 0.6) is 5.75 Å². The second-order valence-corrected chi connectivity index (χ2v) is 6.04. The smallest absolute Gasteiger partial charge is 0.228 e. The second kappa shape index (κ2) is 4.63. The van der Waals surface area contributed by atoms with E-state index < -0.39 is 0 Å².